The number of halogens is 4. The molecule has 0 spiro atoms. The molecule has 0 bridgehead atoms. The van der Waals surface area contributed by atoms with Crippen LogP contribution in [0, 0.1) is 3.57 Å². The number of aryl methyl sites for hydroxylation is 1. The Morgan fingerprint density at radius 2 is 1.89 bits per heavy atom. The lowest BCUT2D eigenvalue weighted by atomic mass is 10.2. The molecule has 0 aliphatic rings. The Kier molecular flexibility index (Phi) is 4.69. The van der Waals surface area contributed by atoms with Gasteiger partial charge in [0.1, 0.15) is 5.15 Å². The summed E-state index contributed by atoms with van der Waals surface area (Å²) < 4.78 is 0.874. The van der Waals surface area contributed by atoms with Crippen molar-refractivity contribution in [2.24, 2.45) is 0 Å². The van der Waals surface area contributed by atoms with Crippen LogP contribution in [0.3, 0.4) is 0 Å². The first-order chi connectivity index (χ1) is 8.54. The molecule has 0 saturated carbocycles. The fourth-order valence-electron chi connectivity index (χ4n) is 1.49. The van der Waals surface area contributed by atoms with Crippen LogP contribution in [-0.2, 0) is 6.42 Å². The normalized spacial score (nSPS) is 10.7. The van der Waals surface area contributed by atoms with Crippen LogP contribution in [0.15, 0.2) is 18.2 Å². The number of rotatable bonds is 2. The van der Waals surface area contributed by atoms with E-state index in [-0.39, 0.29) is 0 Å². The van der Waals surface area contributed by atoms with Crippen LogP contribution in [0.4, 0.5) is 0 Å². The van der Waals surface area contributed by atoms with Gasteiger partial charge in [0, 0.05) is 5.56 Å². The van der Waals surface area contributed by atoms with Gasteiger partial charge in [0.05, 0.1) is 19.3 Å². The van der Waals surface area contributed by atoms with Crippen molar-refractivity contribution < 1.29 is 0 Å². The molecule has 1 heterocycles. The topological polar surface area (TPSA) is 25.8 Å². The molecule has 2 rings (SSSR count). The maximum Gasteiger partial charge on any atom is 0.162 e. The largest absolute Gasteiger partial charge is 0.232 e. The monoisotopic (exact) mass is 412 g/mol. The maximum absolute atomic E-state index is 6.16. The first kappa shape index (κ1) is 14.3. The molecule has 0 saturated heterocycles. The Balaban J connectivity index is 2.64. The predicted molar refractivity (Wildman–Crippen MR) is 84.6 cm³/mol. The van der Waals surface area contributed by atoms with Gasteiger partial charge >= 0.3 is 0 Å². The molecule has 0 radical (unpaired) electrons. The number of benzene rings is 1. The number of aromatic nitrogens is 2. The van der Waals surface area contributed by atoms with E-state index in [4.69, 9.17) is 34.8 Å². The van der Waals surface area contributed by atoms with Gasteiger partial charge in [0.25, 0.3) is 0 Å². The van der Waals surface area contributed by atoms with E-state index >= 15 is 0 Å². The van der Waals surface area contributed by atoms with Gasteiger partial charge in [-0.3, -0.25) is 0 Å². The molecule has 6 heteroatoms. The fourth-order valence-corrected chi connectivity index (χ4v) is 2.69. The SMILES string of the molecule is CCc1nc(-c2cccc(Cl)c2Cl)nc(Cl)c1I. The lowest BCUT2D eigenvalue weighted by Gasteiger charge is -2.08. The van der Waals surface area contributed by atoms with Crippen molar-refractivity contribution in [1.82, 2.24) is 9.97 Å². The van der Waals surface area contributed by atoms with Gasteiger partial charge < -0.3 is 0 Å². The van der Waals surface area contributed by atoms with E-state index in [0.717, 1.165) is 15.7 Å². The highest BCUT2D eigenvalue weighted by atomic mass is 127. The van der Waals surface area contributed by atoms with Crippen LogP contribution in [-0.4, -0.2) is 9.97 Å². The van der Waals surface area contributed by atoms with Crippen LogP contribution < -0.4 is 0 Å². The minimum atomic E-state index is 0.438. The molecule has 0 fully saturated rings. The van der Waals surface area contributed by atoms with E-state index in [1.807, 2.05) is 19.1 Å². The van der Waals surface area contributed by atoms with Crippen molar-refractivity contribution in [3.8, 4) is 11.4 Å². The van der Waals surface area contributed by atoms with Crippen molar-refractivity contribution >= 4 is 57.4 Å². The van der Waals surface area contributed by atoms with Gasteiger partial charge in [0.15, 0.2) is 5.82 Å². The lowest BCUT2D eigenvalue weighted by Crippen LogP contribution is -2.00. The Morgan fingerprint density at radius 1 is 1.17 bits per heavy atom. The minimum Gasteiger partial charge on any atom is -0.232 e. The van der Waals surface area contributed by atoms with Crippen molar-refractivity contribution in [3.05, 3.63) is 42.7 Å². The summed E-state index contributed by atoms with van der Waals surface area (Å²) in [4.78, 5) is 8.73. The van der Waals surface area contributed by atoms with E-state index in [1.54, 1.807) is 6.07 Å². The van der Waals surface area contributed by atoms with Crippen molar-refractivity contribution in [3.63, 3.8) is 0 Å². The summed E-state index contributed by atoms with van der Waals surface area (Å²) in [5.41, 5.74) is 1.60. The minimum absolute atomic E-state index is 0.438. The highest BCUT2D eigenvalue weighted by molar-refractivity contribution is 14.1. The highest BCUT2D eigenvalue weighted by Gasteiger charge is 2.14. The van der Waals surface area contributed by atoms with Crippen molar-refractivity contribution in [2.75, 3.05) is 0 Å². The van der Waals surface area contributed by atoms with Crippen LogP contribution >= 0.6 is 57.4 Å². The molecule has 2 nitrogen and oxygen atoms in total. The van der Waals surface area contributed by atoms with Crippen LogP contribution in [0.5, 0.6) is 0 Å². The number of hydrogen-bond acceptors (Lipinski definition) is 2. The molecule has 1 aromatic carbocycles. The van der Waals surface area contributed by atoms with Gasteiger partial charge in [-0.1, -0.05) is 47.8 Å². The summed E-state index contributed by atoms with van der Waals surface area (Å²) in [6.07, 6.45) is 0.783. The molecule has 0 amide bonds. The first-order valence-corrected chi connectivity index (χ1v) is 7.42. The van der Waals surface area contributed by atoms with E-state index in [1.165, 1.54) is 0 Å². The van der Waals surface area contributed by atoms with Gasteiger partial charge in [-0.2, -0.15) is 0 Å². The Bertz CT molecular complexity index is 602. The zero-order chi connectivity index (χ0) is 13.3. The highest BCUT2D eigenvalue weighted by Crippen LogP contribution is 2.33. The summed E-state index contributed by atoms with van der Waals surface area (Å²) in [6, 6.07) is 5.36. The molecular formula is C12H8Cl3IN2. The van der Waals surface area contributed by atoms with Gasteiger partial charge in [-0.05, 0) is 41.1 Å². The zero-order valence-electron chi connectivity index (χ0n) is 9.35. The Labute approximate surface area is 134 Å². The van der Waals surface area contributed by atoms with Crippen LogP contribution in [0.25, 0.3) is 11.4 Å². The second kappa shape index (κ2) is 5.90. The summed E-state index contributed by atoms with van der Waals surface area (Å²) in [5, 5.41) is 1.36. The molecule has 0 N–H and O–H groups in total. The molecule has 0 atom stereocenters. The standard InChI is InChI=1S/C12H8Cl3IN2/c1-2-8-10(16)11(15)18-12(17-8)6-4-3-5-7(13)9(6)14/h3-5H,2H2,1H3. The molecule has 94 valence electrons. The Morgan fingerprint density at radius 3 is 2.56 bits per heavy atom. The molecule has 0 aliphatic carbocycles. The summed E-state index contributed by atoms with van der Waals surface area (Å²) in [5.74, 6) is 0.504. The fraction of sp³-hybridized carbons (Fsp3) is 0.167. The first-order valence-electron chi connectivity index (χ1n) is 5.21. The molecule has 1 aromatic heterocycles. The van der Waals surface area contributed by atoms with Crippen LogP contribution in [0.1, 0.15) is 12.6 Å². The quantitative estimate of drug-likeness (QED) is 0.495. The summed E-state index contributed by atoms with van der Waals surface area (Å²) in [6.45, 7) is 2.02. The second-order valence-corrected chi connectivity index (χ2v) is 5.78. The third-order valence-electron chi connectivity index (χ3n) is 2.41. The Hall–Kier alpha value is -0.100. The van der Waals surface area contributed by atoms with E-state index in [9.17, 15) is 0 Å². The second-order valence-electron chi connectivity index (χ2n) is 3.55. The molecule has 0 aliphatic heterocycles. The predicted octanol–water partition coefficient (Wildman–Crippen LogP) is 5.27. The van der Waals surface area contributed by atoms with Gasteiger partial charge in [-0.15, -0.1) is 0 Å². The van der Waals surface area contributed by atoms with E-state index in [0.29, 0.717) is 26.6 Å². The third-order valence-corrected chi connectivity index (χ3v) is 4.95. The van der Waals surface area contributed by atoms with E-state index in [2.05, 4.69) is 32.6 Å². The average Bonchev–Trinajstić information content (AvgIpc) is 2.36. The molecule has 0 unspecified atom stereocenters. The zero-order valence-corrected chi connectivity index (χ0v) is 13.8. The van der Waals surface area contributed by atoms with E-state index < -0.39 is 0 Å². The maximum atomic E-state index is 6.16. The number of nitrogens with zero attached hydrogens (tertiary/aromatic N) is 2. The van der Waals surface area contributed by atoms with Gasteiger partial charge in [-0.25, -0.2) is 9.97 Å². The van der Waals surface area contributed by atoms with Gasteiger partial charge in [0.2, 0.25) is 0 Å². The third kappa shape index (κ3) is 2.74. The smallest absolute Gasteiger partial charge is 0.162 e. The summed E-state index contributed by atoms with van der Waals surface area (Å²) >= 11 is 20.4. The van der Waals surface area contributed by atoms with Crippen molar-refractivity contribution in [1.29, 1.82) is 0 Å². The number of hydrogen-bond donors (Lipinski definition) is 0. The summed E-state index contributed by atoms with van der Waals surface area (Å²) in [7, 11) is 0. The lowest BCUT2D eigenvalue weighted by molar-refractivity contribution is 0.989. The molecule has 2 aromatic rings. The average molecular weight is 413 g/mol. The molecular weight excluding hydrogens is 405 g/mol. The van der Waals surface area contributed by atoms with Crippen molar-refractivity contribution in [2.45, 2.75) is 13.3 Å². The molecule has 18 heavy (non-hydrogen) atoms. The van der Waals surface area contributed by atoms with Crippen LogP contribution in [0.2, 0.25) is 15.2 Å².